The molecule has 0 aliphatic rings. The lowest BCUT2D eigenvalue weighted by molar-refractivity contribution is 0.106. The average molecular weight is 248 g/mol. The summed E-state index contributed by atoms with van der Waals surface area (Å²) in [6.45, 7) is -0.0107. The number of aromatic hydroxyl groups is 1. The molecule has 18 heavy (non-hydrogen) atoms. The van der Waals surface area contributed by atoms with E-state index in [-0.39, 0.29) is 18.2 Å². The van der Waals surface area contributed by atoms with Crippen LogP contribution in [0, 0.1) is 5.82 Å². The van der Waals surface area contributed by atoms with E-state index in [1.54, 1.807) is 18.2 Å². The summed E-state index contributed by atoms with van der Waals surface area (Å²) >= 11 is 0. The number of hydrogen-bond donors (Lipinski definition) is 2. The maximum absolute atomic E-state index is 12.7. The van der Waals surface area contributed by atoms with Crippen LogP contribution in [0.25, 0.3) is 0 Å². The van der Waals surface area contributed by atoms with E-state index < -0.39 is 6.10 Å². The van der Waals surface area contributed by atoms with Gasteiger partial charge in [-0.2, -0.15) is 0 Å². The van der Waals surface area contributed by atoms with Crippen LogP contribution in [0.2, 0.25) is 0 Å². The van der Waals surface area contributed by atoms with Gasteiger partial charge in [-0.3, -0.25) is 0 Å². The summed E-state index contributed by atoms with van der Waals surface area (Å²) in [5.74, 6) is -0.0324. The number of aliphatic hydroxyl groups excluding tert-OH is 1. The van der Waals surface area contributed by atoms with Gasteiger partial charge in [-0.25, -0.2) is 4.39 Å². The van der Waals surface area contributed by atoms with Gasteiger partial charge in [-0.15, -0.1) is 0 Å². The van der Waals surface area contributed by atoms with Crippen molar-refractivity contribution in [3.8, 4) is 11.5 Å². The fraction of sp³-hybridized carbons (Fsp3) is 0.143. The summed E-state index contributed by atoms with van der Waals surface area (Å²) in [6, 6.07) is 12.0. The maximum Gasteiger partial charge on any atom is 0.161 e. The number of hydrogen-bond acceptors (Lipinski definition) is 3. The van der Waals surface area contributed by atoms with Gasteiger partial charge in [0, 0.05) is 0 Å². The Kier molecular flexibility index (Phi) is 3.79. The van der Waals surface area contributed by atoms with Crippen LogP contribution in [0.3, 0.4) is 0 Å². The zero-order valence-electron chi connectivity index (χ0n) is 9.58. The number of benzene rings is 2. The van der Waals surface area contributed by atoms with E-state index in [2.05, 4.69) is 0 Å². The minimum absolute atomic E-state index is 0.0107. The van der Waals surface area contributed by atoms with Crippen molar-refractivity contribution in [2.75, 3.05) is 6.61 Å². The van der Waals surface area contributed by atoms with Crippen LogP contribution in [0.4, 0.5) is 4.39 Å². The molecule has 94 valence electrons. The van der Waals surface area contributed by atoms with Gasteiger partial charge in [0.05, 0.1) is 0 Å². The molecule has 0 heterocycles. The molecule has 0 aliphatic heterocycles. The molecule has 0 saturated carbocycles. The normalized spacial score (nSPS) is 12.1. The zero-order chi connectivity index (χ0) is 13.0. The molecule has 2 aromatic rings. The standard InChI is InChI=1S/C14H13FO3/c15-11-7-5-10(6-8-11)13(17)9-18-14-4-2-1-3-12(14)16/h1-8,13,16-17H,9H2. The smallest absolute Gasteiger partial charge is 0.161 e. The Balaban J connectivity index is 1.98. The number of halogens is 1. The fourth-order valence-electron chi connectivity index (χ4n) is 1.53. The molecule has 0 saturated heterocycles. The molecular weight excluding hydrogens is 235 g/mol. The first-order valence-electron chi connectivity index (χ1n) is 5.51. The summed E-state index contributed by atoms with van der Waals surface area (Å²) in [7, 11) is 0. The second kappa shape index (κ2) is 5.51. The highest BCUT2D eigenvalue weighted by Crippen LogP contribution is 2.25. The molecule has 2 aromatic carbocycles. The average Bonchev–Trinajstić information content (AvgIpc) is 2.38. The van der Waals surface area contributed by atoms with E-state index in [1.165, 1.54) is 30.3 Å². The number of phenols is 1. The molecule has 0 radical (unpaired) electrons. The molecule has 0 aromatic heterocycles. The van der Waals surface area contributed by atoms with Gasteiger partial charge in [-0.05, 0) is 29.8 Å². The summed E-state index contributed by atoms with van der Waals surface area (Å²) < 4.78 is 18.0. The third-order valence-electron chi connectivity index (χ3n) is 2.52. The summed E-state index contributed by atoms with van der Waals surface area (Å²) in [4.78, 5) is 0. The van der Waals surface area contributed by atoms with Gasteiger partial charge >= 0.3 is 0 Å². The van der Waals surface area contributed by atoms with Crippen LogP contribution >= 0.6 is 0 Å². The van der Waals surface area contributed by atoms with E-state index >= 15 is 0 Å². The number of rotatable bonds is 4. The second-order valence-electron chi connectivity index (χ2n) is 3.85. The molecule has 1 unspecified atom stereocenters. The highest BCUT2D eigenvalue weighted by atomic mass is 19.1. The SMILES string of the molecule is Oc1ccccc1OCC(O)c1ccc(F)cc1. The van der Waals surface area contributed by atoms with Crippen molar-refractivity contribution < 1.29 is 19.3 Å². The van der Waals surface area contributed by atoms with Crippen molar-refractivity contribution >= 4 is 0 Å². The monoisotopic (exact) mass is 248 g/mol. The highest BCUT2D eigenvalue weighted by Gasteiger charge is 2.09. The van der Waals surface area contributed by atoms with Crippen molar-refractivity contribution in [2.45, 2.75) is 6.10 Å². The van der Waals surface area contributed by atoms with Gasteiger partial charge in [0.2, 0.25) is 0 Å². The first-order chi connectivity index (χ1) is 8.66. The molecule has 3 nitrogen and oxygen atoms in total. The van der Waals surface area contributed by atoms with Crippen LogP contribution in [0.1, 0.15) is 11.7 Å². The predicted octanol–water partition coefficient (Wildman–Crippen LogP) is 2.64. The van der Waals surface area contributed by atoms with Crippen LogP contribution in [0.15, 0.2) is 48.5 Å². The lowest BCUT2D eigenvalue weighted by atomic mass is 10.1. The van der Waals surface area contributed by atoms with E-state index in [0.29, 0.717) is 11.3 Å². The third kappa shape index (κ3) is 2.99. The molecule has 2 N–H and O–H groups in total. The van der Waals surface area contributed by atoms with E-state index in [9.17, 15) is 14.6 Å². The Morgan fingerprint density at radius 3 is 2.39 bits per heavy atom. The lowest BCUT2D eigenvalue weighted by Gasteiger charge is -2.13. The highest BCUT2D eigenvalue weighted by molar-refractivity contribution is 5.38. The second-order valence-corrected chi connectivity index (χ2v) is 3.85. The Labute approximate surface area is 104 Å². The van der Waals surface area contributed by atoms with Gasteiger partial charge in [0.15, 0.2) is 11.5 Å². The Morgan fingerprint density at radius 1 is 1.06 bits per heavy atom. The minimum Gasteiger partial charge on any atom is -0.504 e. The Morgan fingerprint density at radius 2 is 1.72 bits per heavy atom. The van der Waals surface area contributed by atoms with Crippen LogP contribution in [0.5, 0.6) is 11.5 Å². The summed E-state index contributed by atoms with van der Waals surface area (Å²) in [5.41, 5.74) is 0.562. The van der Waals surface area contributed by atoms with Crippen LogP contribution < -0.4 is 4.74 Å². The molecule has 2 rings (SSSR count). The van der Waals surface area contributed by atoms with E-state index in [0.717, 1.165) is 0 Å². The van der Waals surface area contributed by atoms with Crippen molar-refractivity contribution in [3.05, 3.63) is 59.9 Å². The molecule has 0 amide bonds. The van der Waals surface area contributed by atoms with Gasteiger partial charge in [0.1, 0.15) is 18.5 Å². The van der Waals surface area contributed by atoms with Gasteiger partial charge in [-0.1, -0.05) is 24.3 Å². The molecule has 0 spiro atoms. The first-order valence-corrected chi connectivity index (χ1v) is 5.51. The van der Waals surface area contributed by atoms with Crippen LogP contribution in [-0.4, -0.2) is 16.8 Å². The molecule has 0 fully saturated rings. The van der Waals surface area contributed by atoms with Crippen molar-refractivity contribution in [1.29, 1.82) is 0 Å². The molecule has 0 aliphatic carbocycles. The topological polar surface area (TPSA) is 49.7 Å². The quantitative estimate of drug-likeness (QED) is 0.874. The zero-order valence-corrected chi connectivity index (χ0v) is 9.58. The number of phenolic OH excluding ortho intramolecular Hbond substituents is 1. The van der Waals surface area contributed by atoms with Gasteiger partial charge < -0.3 is 14.9 Å². The molecule has 4 heteroatoms. The van der Waals surface area contributed by atoms with E-state index in [4.69, 9.17) is 4.74 Å². The molecular formula is C14H13FO3. The molecule has 1 atom stereocenters. The summed E-state index contributed by atoms with van der Waals surface area (Å²) in [6.07, 6.45) is -0.870. The largest absolute Gasteiger partial charge is 0.504 e. The number of para-hydroxylation sites is 2. The van der Waals surface area contributed by atoms with Crippen molar-refractivity contribution in [1.82, 2.24) is 0 Å². The van der Waals surface area contributed by atoms with Crippen LogP contribution in [-0.2, 0) is 0 Å². The Hall–Kier alpha value is -2.07. The number of aliphatic hydroxyl groups is 1. The van der Waals surface area contributed by atoms with Gasteiger partial charge in [0.25, 0.3) is 0 Å². The van der Waals surface area contributed by atoms with Crippen molar-refractivity contribution in [3.63, 3.8) is 0 Å². The summed E-state index contributed by atoms with van der Waals surface area (Å²) in [5, 5.41) is 19.3. The molecule has 0 bridgehead atoms. The lowest BCUT2D eigenvalue weighted by Crippen LogP contribution is -2.09. The minimum atomic E-state index is -0.870. The third-order valence-corrected chi connectivity index (χ3v) is 2.52. The predicted molar refractivity (Wildman–Crippen MR) is 65.0 cm³/mol. The Bertz CT molecular complexity index is 511. The maximum atomic E-state index is 12.7. The van der Waals surface area contributed by atoms with E-state index in [1.807, 2.05) is 0 Å². The number of ether oxygens (including phenoxy) is 1. The fourth-order valence-corrected chi connectivity index (χ4v) is 1.53. The first kappa shape index (κ1) is 12.4. The van der Waals surface area contributed by atoms with Crippen molar-refractivity contribution in [2.24, 2.45) is 0 Å².